The van der Waals surface area contributed by atoms with Crippen LogP contribution in [0.3, 0.4) is 0 Å². The molecule has 0 amide bonds. The Morgan fingerprint density at radius 1 is 1.06 bits per heavy atom. The summed E-state index contributed by atoms with van der Waals surface area (Å²) in [5.74, 6) is -0.256. The fourth-order valence-electron chi connectivity index (χ4n) is 2.55. The minimum Gasteiger partial charge on any atom is -0.375 e. The molecular weight excluding hydrogens is 204 g/mol. The van der Waals surface area contributed by atoms with Crippen molar-refractivity contribution in [2.75, 3.05) is 19.8 Å². The number of hydrogen-bond acceptors (Lipinski definition) is 3. The normalized spacial score (nSPS) is 27.4. The second-order valence-electron chi connectivity index (χ2n) is 5.26. The molecule has 0 atom stereocenters. The molecule has 1 saturated carbocycles. The zero-order valence-corrected chi connectivity index (χ0v) is 10.6. The second kappa shape index (κ2) is 5.03. The maximum atomic E-state index is 6.00. The standard InChI is InChI=1S/C13H24O3/c1-3-4-9-14-12(2)5-7-13(8-6-12)15-10-11-16-13/h3-11H2,1-2H3. The van der Waals surface area contributed by atoms with Crippen LogP contribution in [0.25, 0.3) is 0 Å². The van der Waals surface area contributed by atoms with Crippen LogP contribution >= 0.6 is 0 Å². The van der Waals surface area contributed by atoms with E-state index in [2.05, 4.69) is 13.8 Å². The predicted octanol–water partition coefficient (Wildman–Crippen LogP) is 2.88. The van der Waals surface area contributed by atoms with Crippen LogP contribution in [0.1, 0.15) is 52.4 Å². The Kier molecular flexibility index (Phi) is 3.88. The molecule has 1 heterocycles. The van der Waals surface area contributed by atoms with Crippen LogP contribution in [0.4, 0.5) is 0 Å². The molecule has 1 aliphatic heterocycles. The first-order chi connectivity index (χ1) is 7.68. The van der Waals surface area contributed by atoms with E-state index in [-0.39, 0.29) is 11.4 Å². The van der Waals surface area contributed by atoms with Gasteiger partial charge in [0.1, 0.15) is 0 Å². The highest BCUT2D eigenvalue weighted by Gasteiger charge is 2.44. The maximum absolute atomic E-state index is 6.00. The van der Waals surface area contributed by atoms with Crippen LogP contribution in [0.15, 0.2) is 0 Å². The Morgan fingerprint density at radius 2 is 1.69 bits per heavy atom. The van der Waals surface area contributed by atoms with E-state index >= 15 is 0 Å². The molecule has 0 aromatic carbocycles. The molecule has 0 unspecified atom stereocenters. The van der Waals surface area contributed by atoms with Gasteiger partial charge in [0.25, 0.3) is 0 Å². The Balaban J connectivity index is 1.78. The fraction of sp³-hybridized carbons (Fsp3) is 1.00. The van der Waals surface area contributed by atoms with Crippen LogP contribution in [-0.2, 0) is 14.2 Å². The molecule has 1 saturated heterocycles. The van der Waals surface area contributed by atoms with Crippen LogP contribution < -0.4 is 0 Å². The molecule has 94 valence electrons. The Morgan fingerprint density at radius 3 is 2.25 bits per heavy atom. The molecule has 0 bridgehead atoms. The van der Waals surface area contributed by atoms with Crippen molar-refractivity contribution < 1.29 is 14.2 Å². The van der Waals surface area contributed by atoms with E-state index in [0.29, 0.717) is 0 Å². The van der Waals surface area contributed by atoms with E-state index in [9.17, 15) is 0 Å². The van der Waals surface area contributed by atoms with Gasteiger partial charge in [-0.25, -0.2) is 0 Å². The maximum Gasteiger partial charge on any atom is 0.168 e. The summed E-state index contributed by atoms with van der Waals surface area (Å²) in [6.07, 6.45) is 6.43. The topological polar surface area (TPSA) is 27.7 Å². The first kappa shape index (κ1) is 12.3. The minimum absolute atomic E-state index is 0.0513. The lowest BCUT2D eigenvalue weighted by molar-refractivity contribution is -0.207. The SMILES string of the molecule is CCCCOC1(C)CCC2(CC1)OCCO2. The summed E-state index contributed by atoms with van der Waals surface area (Å²) in [6, 6.07) is 0. The molecule has 3 heteroatoms. The highest BCUT2D eigenvalue weighted by atomic mass is 16.7. The molecule has 1 spiro atoms. The Hall–Kier alpha value is -0.120. The molecule has 0 aromatic heterocycles. The van der Waals surface area contributed by atoms with E-state index < -0.39 is 0 Å². The van der Waals surface area contributed by atoms with Gasteiger partial charge in [0.15, 0.2) is 5.79 Å². The van der Waals surface area contributed by atoms with E-state index in [1.54, 1.807) is 0 Å². The molecule has 1 aliphatic carbocycles. The Labute approximate surface area is 98.4 Å². The lowest BCUT2D eigenvalue weighted by Crippen LogP contribution is -2.43. The molecule has 2 aliphatic rings. The van der Waals surface area contributed by atoms with Crippen molar-refractivity contribution in [3.05, 3.63) is 0 Å². The lowest BCUT2D eigenvalue weighted by Gasteiger charge is -2.41. The van der Waals surface area contributed by atoms with Crippen LogP contribution in [0, 0.1) is 0 Å². The quantitative estimate of drug-likeness (QED) is 0.692. The lowest BCUT2D eigenvalue weighted by atomic mass is 9.82. The average molecular weight is 228 g/mol. The summed E-state index contributed by atoms with van der Waals surface area (Å²) in [6.45, 7) is 6.83. The van der Waals surface area contributed by atoms with Gasteiger partial charge in [-0.15, -0.1) is 0 Å². The molecule has 0 radical (unpaired) electrons. The van der Waals surface area contributed by atoms with Crippen molar-refractivity contribution in [1.29, 1.82) is 0 Å². The summed E-state index contributed by atoms with van der Waals surface area (Å²) < 4.78 is 17.4. The van der Waals surface area contributed by atoms with Gasteiger partial charge in [-0.05, 0) is 26.2 Å². The summed E-state index contributed by atoms with van der Waals surface area (Å²) in [7, 11) is 0. The average Bonchev–Trinajstić information content (AvgIpc) is 2.73. The van der Waals surface area contributed by atoms with Gasteiger partial charge in [-0.3, -0.25) is 0 Å². The first-order valence-electron chi connectivity index (χ1n) is 6.60. The van der Waals surface area contributed by atoms with Crippen molar-refractivity contribution in [2.24, 2.45) is 0 Å². The van der Waals surface area contributed by atoms with Crippen LogP contribution in [0.5, 0.6) is 0 Å². The van der Waals surface area contributed by atoms with E-state index in [1.807, 2.05) is 0 Å². The molecule has 0 aromatic rings. The third kappa shape index (κ3) is 2.76. The van der Waals surface area contributed by atoms with Gasteiger partial charge >= 0.3 is 0 Å². The van der Waals surface area contributed by atoms with Crippen molar-refractivity contribution in [1.82, 2.24) is 0 Å². The van der Waals surface area contributed by atoms with Crippen molar-refractivity contribution in [2.45, 2.75) is 63.8 Å². The molecule has 3 nitrogen and oxygen atoms in total. The minimum atomic E-state index is -0.256. The molecule has 2 fully saturated rings. The highest BCUT2D eigenvalue weighted by molar-refractivity contribution is 4.89. The van der Waals surface area contributed by atoms with Gasteiger partial charge in [-0.2, -0.15) is 0 Å². The molecule has 0 N–H and O–H groups in total. The van der Waals surface area contributed by atoms with Gasteiger partial charge in [0.2, 0.25) is 0 Å². The van der Waals surface area contributed by atoms with Gasteiger partial charge in [0.05, 0.1) is 18.8 Å². The van der Waals surface area contributed by atoms with Crippen molar-refractivity contribution in [3.63, 3.8) is 0 Å². The van der Waals surface area contributed by atoms with Gasteiger partial charge < -0.3 is 14.2 Å². The van der Waals surface area contributed by atoms with Gasteiger partial charge in [0, 0.05) is 19.4 Å². The van der Waals surface area contributed by atoms with E-state index in [4.69, 9.17) is 14.2 Å². The number of rotatable bonds is 4. The summed E-state index contributed by atoms with van der Waals surface area (Å²) >= 11 is 0. The van der Waals surface area contributed by atoms with Crippen LogP contribution in [0.2, 0.25) is 0 Å². The first-order valence-corrected chi connectivity index (χ1v) is 6.60. The van der Waals surface area contributed by atoms with Gasteiger partial charge in [-0.1, -0.05) is 13.3 Å². The zero-order valence-electron chi connectivity index (χ0n) is 10.6. The smallest absolute Gasteiger partial charge is 0.168 e. The third-order valence-electron chi connectivity index (χ3n) is 3.83. The summed E-state index contributed by atoms with van der Waals surface area (Å²) in [5.41, 5.74) is 0.0513. The largest absolute Gasteiger partial charge is 0.375 e. The second-order valence-corrected chi connectivity index (χ2v) is 5.26. The Bertz CT molecular complexity index is 211. The summed E-state index contributed by atoms with van der Waals surface area (Å²) in [5, 5.41) is 0. The van der Waals surface area contributed by atoms with E-state index in [1.165, 1.54) is 6.42 Å². The number of hydrogen-bond donors (Lipinski definition) is 0. The van der Waals surface area contributed by atoms with Crippen LogP contribution in [-0.4, -0.2) is 31.2 Å². The molecule has 16 heavy (non-hydrogen) atoms. The monoisotopic (exact) mass is 228 g/mol. The molecule has 2 rings (SSSR count). The summed E-state index contributed by atoms with van der Waals surface area (Å²) in [4.78, 5) is 0. The fourth-order valence-corrected chi connectivity index (χ4v) is 2.55. The van der Waals surface area contributed by atoms with Crippen molar-refractivity contribution >= 4 is 0 Å². The molecular formula is C13H24O3. The number of ether oxygens (including phenoxy) is 3. The zero-order chi connectivity index (χ0) is 11.5. The van der Waals surface area contributed by atoms with Crippen molar-refractivity contribution in [3.8, 4) is 0 Å². The third-order valence-corrected chi connectivity index (χ3v) is 3.83. The number of unbranched alkanes of at least 4 members (excludes halogenated alkanes) is 1. The van der Waals surface area contributed by atoms with E-state index in [0.717, 1.165) is 51.9 Å². The highest BCUT2D eigenvalue weighted by Crippen LogP contribution is 2.41. The predicted molar refractivity (Wildman–Crippen MR) is 62.4 cm³/mol.